The SMILES string of the molecule is C1=[N+]=c2sc3c(c2=C1)NC(c1ccccc1)N=C3c1ccc(-c2nc(-c3ccccc3)nc(-c3cccc(-n4c5ccccc5c5ccccc54)c3)n2)cc1. The third-order valence-corrected chi connectivity index (χ3v) is 11.4. The molecule has 8 heteroatoms. The lowest BCUT2D eigenvalue weighted by Crippen LogP contribution is -2.26. The standard InChI is InChI=1S/C47H30N7S/c1-3-12-30(13-4-1)43-49-40(42-41(50-43)37-26-27-48-47(37)55-42)29-22-24-32(25-23-29)45-51-44(31-14-5-2-6-15-31)52-46(53-45)33-16-11-17-34(28-33)54-38-20-9-7-18-35(38)36-19-8-10-21-39(36)54/h1-28,43,50H/q+1. The molecule has 11 rings (SSSR count). The van der Waals surface area contributed by atoms with Gasteiger partial charge in [0.25, 0.3) is 6.21 Å². The minimum absolute atomic E-state index is 0.214. The van der Waals surface area contributed by atoms with Gasteiger partial charge in [-0.05, 0) is 41.2 Å². The van der Waals surface area contributed by atoms with Crippen LogP contribution in [-0.2, 0) is 0 Å². The number of fused-ring (bicyclic) bond motifs is 6. The zero-order valence-corrected chi connectivity index (χ0v) is 30.2. The fourth-order valence-electron chi connectivity index (χ4n) is 7.64. The van der Waals surface area contributed by atoms with Crippen molar-refractivity contribution in [3.63, 3.8) is 0 Å². The summed E-state index contributed by atoms with van der Waals surface area (Å²) in [5, 5.41) is 7.25. The molecule has 55 heavy (non-hydrogen) atoms. The first-order valence-electron chi connectivity index (χ1n) is 18.2. The van der Waals surface area contributed by atoms with E-state index < -0.39 is 0 Å². The first-order valence-corrected chi connectivity index (χ1v) is 19.0. The molecule has 0 aliphatic carbocycles. The summed E-state index contributed by atoms with van der Waals surface area (Å²) in [4.78, 5) is 21.6. The van der Waals surface area contributed by atoms with E-state index in [0.29, 0.717) is 17.5 Å². The highest BCUT2D eigenvalue weighted by atomic mass is 32.1. The second-order valence-corrected chi connectivity index (χ2v) is 14.6. The maximum atomic E-state index is 5.26. The van der Waals surface area contributed by atoms with Crippen molar-refractivity contribution < 1.29 is 0 Å². The van der Waals surface area contributed by atoms with Crippen LogP contribution in [-0.4, -0.2) is 31.4 Å². The Hall–Kier alpha value is -7.25. The molecule has 258 valence electrons. The Morgan fingerprint density at radius 1 is 0.564 bits per heavy atom. The topological polar surface area (TPSA) is 82.1 Å². The van der Waals surface area contributed by atoms with Crippen molar-refractivity contribution in [3.8, 4) is 39.9 Å². The predicted octanol–water partition coefficient (Wildman–Crippen LogP) is 8.54. The molecule has 5 heterocycles. The van der Waals surface area contributed by atoms with Crippen molar-refractivity contribution in [3.05, 3.63) is 184 Å². The highest BCUT2D eigenvalue weighted by Crippen LogP contribution is 2.35. The van der Waals surface area contributed by atoms with Gasteiger partial charge in [-0.2, -0.15) is 0 Å². The van der Waals surface area contributed by atoms with Gasteiger partial charge in [0, 0.05) is 44.8 Å². The minimum atomic E-state index is -0.214. The van der Waals surface area contributed by atoms with Gasteiger partial charge in [-0.15, -0.1) is 0 Å². The molecule has 0 radical (unpaired) electrons. The number of benzene rings is 6. The van der Waals surface area contributed by atoms with Crippen LogP contribution in [0.5, 0.6) is 0 Å². The molecule has 0 spiro atoms. The monoisotopic (exact) mass is 724 g/mol. The maximum absolute atomic E-state index is 5.26. The van der Waals surface area contributed by atoms with Crippen LogP contribution in [0.1, 0.15) is 22.2 Å². The van der Waals surface area contributed by atoms with Crippen LogP contribution < -0.4 is 19.9 Å². The molecule has 0 bridgehead atoms. The second kappa shape index (κ2) is 12.7. The highest BCUT2D eigenvalue weighted by molar-refractivity contribution is 7.12. The van der Waals surface area contributed by atoms with Crippen molar-refractivity contribution in [2.75, 3.05) is 5.32 Å². The van der Waals surface area contributed by atoms with E-state index in [2.05, 4.69) is 142 Å². The van der Waals surface area contributed by atoms with E-state index in [1.807, 2.05) is 42.6 Å². The van der Waals surface area contributed by atoms with Crippen molar-refractivity contribution in [2.24, 2.45) is 4.99 Å². The molecule has 9 aromatic rings. The van der Waals surface area contributed by atoms with Crippen LogP contribution in [0, 0.1) is 0 Å². The van der Waals surface area contributed by atoms with Gasteiger partial charge in [0.15, 0.2) is 17.5 Å². The fourth-order valence-corrected chi connectivity index (χ4v) is 8.77. The summed E-state index contributed by atoms with van der Waals surface area (Å²) in [6, 6.07) is 54.5. The number of aliphatic imine (C=N–C) groups is 1. The van der Waals surface area contributed by atoms with Gasteiger partial charge in [0.05, 0.1) is 27.3 Å². The molecule has 0 saturated heterocycles. The van der Waals surface area contributed by atoms with Crippen LogP contribution in [0.2, 0.25) is 0 Å². The molecule has 1 unspecified atom stereocenters. The Kier molecular flexibility index (Phi) is 7.23. The van der Waals surface area contributed by atoms with Crippen LogP contribution in [0.3, 0.4) is 0 Å². The lowest BCUT2D eigenvalue weighted by atomic mass is 10.0. The second-order valence-electron chi connectivity index (χ2n) is 13.6. The Labute approximate surface area is 319 Å². The van der Waals surface area contributed by atoms with E-state index in [9.17, 15) is 0 Å². The van der Waals surface area contributed by atoms with E-state index in [1.165, 1.54) is 10.8 Å². The Morgan fingerprint density at radius 2 is 1.15 bits per heavy atom. The van der Waals surface area contributed by atoms with Gasteiger partial charge in [-0.3, -0.25) is 4.99 Å². The highest BCUT2D eigenvalue weighted by Gasteiger charge is 2.29. The quantitative estimate of drug-likeness (QED) is 0.174. The molecule has 0 saturated carbocycles. The van der Waals surface area contributed by atoms with E-state index in [1.54, 1.807) is 11.3 Å². The number of thiophene rings is 1. The van der Waals surface area contributed by atoms with E-state index >= 15 is 0 Å². The fraction of sp³-hybridized carbons (Fsp3) is 0.0213. The lowest BCUT2D eigenvalue weighted by molar-refractivity contribution is 0.829. The summed E-state index contributed by atoms with van der Waals surface area (Å²) in [6.45, 7) is 0. The van der Waals surface area contributed by atoms with Gasteiger partial charge in [-0.1, -0.05) is 138 Å². The van der Waals surface area contributed by atoms with E-state index in [0.717, 1.165) is 70.7 Å². The Balaban J connectivity index is 1.02. The zero-order chi connectivity index (χ0) is 36.3. The first kappa shape index (κ1) is 31.3. The van der Waals surface area contributed by atoms with E-state index in [4.69, 9.17) is 19.9 Å². The first-order chi connectivity index (χ1) is 27.2. The summed E-state index contributed by atoms with van der Waals surface area (Å²) in [5.74, 6) is 1.83. The number of aromatic nitrogens is 4. The molecular weight excluding hydrogens is 695 g/mol. The zero-order valence-electron chi connectivity index (χ0n) is 29.3. The van der Waals surface area contributed by atoms with Crippen molar-refractivity contribution in [1.82, 2.24) is 24.2 Å². The molecular formula is C47H30N7S+. The number of anilines is 1. The van der Waals surface area contributed by atoms with Crippen LogP contribution >= 0.6 is 11.3 Å². The Morgan fingerprint density at radius 3 is 1.85 bits per heavy atom. The van der Waals surface area contributed by atoms with Crippen LogP contribution in [0.15, 0.2) is 163 Å². The molecule has 0 fully saturated rings. The average Bonchev–Trinajstić information content (AvgIpc) is 3.96. The lowest BCUT2D eigenvalue weighted by Gasteiger charge is -2.23. The third kappa shape index (κ3) is 5.31. The van der Waals surface area contributed by atoms with Gasteiger partial charge in [0.1, 0.15) is 11.4 Å². The largest absolute Gasteiger partial charge is 0.392 e. The van der Waals surface area contributed by atoms with Crippen LogP contribution in [0.25, 0.3) is 67.7 Å². The van der Waals surface area contributed by atoms with Gasteiger partial charge < -0.3 is 9.88 Å². The molecule has 1 atom stereocenters. The number of rotatable bonds is 6. The van der Waals surface area contributed by atoms with E-state index in [-0.39, 0.29) is 6.17 Å². The summed E-state index contributed by atoms with van der Waals surface area (Å²) in [7, 11) is 0. The molecule has 1 N–H and O–H groups in total. The number of para-hydroxylation sites is 2. The molecule has 0 amide bonds. The summed E-state index contributed by atoms with van der Waals surface area (Å²) in [5.41, 5.74) is 10.2. The normalized spacial score (nSPS) is 14.2. The summed E-state index contributed by atoms with van der Waals surface area (Å²) >= 11 is 1.67. The average molecular weight is 725 g/mol. The van der Waals surface area contributed by atoms with Gasteiger partial charge >= 0.3 is 4.67 Å². The molecule has 7 nitrogen and oxygen atoms in total. The minimum Gasteiger partial charge on any atom is -0.358 e. The van der Waals surface area contributed by atoms with Gasteiger partial charge in [0.2, 0.25) is 0 Å². The smallest absolute Gasteiger partial charge is 0.358 e. The Bertz CT molecular complexity index is 3100. The number of nitrogens with zero attached hydrogens (tertiary/aromatic N) is 6. The third-order valence-electron chi connectivity index (χ3n) is 10.3. The van der Waals surface area contributed by atoms with Crippen LogP contribution in [0.4, 0.5) is 5.69 Å². The summed E-state index contributed by atoms with van der Waals surface area (Å²) < 4.78 is 7.94. The number of nitrogens with one attached hydrogen (secondary N) is 1. The molecule has 3 aromatic heterocycles. The van der Waals surface area contributed by atoms with Gasteiger partial charge in [-0.25, -0.2) is 15.0 Å². The van der Waals surface area contributed by atoms with Crippen molar-refractivity contribution in [2.45, 2.75) is 6.17 Å². The summed E-state index contributed by atoms with van der Waals surface area (Å²) in [6.07, 6.45) is 3.73. The van der Waals surface area contributed by atoms with Crippen molar-refractivity contribution >= 4 is 56.8 Å². The molecule has 2 aliphatic rings. The molecule has 6 aromatic carbocycles. The van der Waals surface area contributed by atoms with Crippen molar-refractivity contribution in [1.29, 1.82) is 0 Å². The molecule has 2 aliphatic heterocycles. The maximum Gasteiger partial charge on any atom is 0.392 e. The predicted molar refractivity (Wildman–Crippen MR) is 224 cm³/mol. The number of hydrogen-bond donors (Lipinski definition) is 1. The number of hydrogen-bond acceptors (Lipinski definition) is 6.